The third-order valence-corrected chi connectivity index (χ3v) is 3.50. The highest BCUT2D eigenvalue weighted by molar-refractivity contribution is 5.98. The molecule has 0 radical (unpaired) electrons. The van der Waals surface area contributed by atoms with Crippen molar-refractivity contribution >= 4 is 11.8 Å². The van der Waals surface area contributed by atoms with Crippen LogP contribution in [-0.4, -0.2) is 30.8 Å². The zero-order valence-electron chi connectivity index (χ0n) is 13.3. The largest absolute Gasteiger partial charge is 0.458 e. The molecule has 1 heterocycles. The Morgan fingerprint density at radius 1 is 1.26 bits per heavy atom. The van der Waals surface area contributed by atoms with Crippen LogP contribution in [-0.2, 0) is 30.4 Å². The number of benzene rings is 1. The Hall–Kier alpha value is -1.98. The molecule has 0 aromatic heterocycles. The minimum Gasteiger partial charge on any atom is -0.458 e. The molecule has 2 rings (SSSR count). The molecule has 2 atom stereocenters. The Balaban J connectivity index is 1.72. The predicted octanol–water partition coefficient (Wildman–Crippen LogP) is 2.79. The van der Waals surface area contributed by atoms with Crippen LogP contribution in [0.25, 0.3) is 0 Å². The van der Waals surface area contributed by atoms with E-state index in [9.17, 15) is 9.59 Å². The molecule has 0 aliphatic carbocycles. The smallest absolute Gasteiger partial charge is 0.331 e. The Labute approximate surface area is 136 Å². The number of esters is 1. The average molecular weight is 318 g/mol. The molecule has 1 saturated heterocycles. The number of ether oxygens (including phenoxy) is 3. The van der Waals surface area contributed by atoms with E-state index in [0.29, 0.717) is 6.61 Å². The molecule has 1 fully saturated rings. The van der Waals surface area contributed by atoms with E-state index in [-0.39, 0.29) is 18.7 Å². The van der Waals surface area contributed by atoms with Gasteiger partial charge in [0, 0.05) is 12.7 Å². The lowest BCUT2D eigenvalue weighted by molar-refractivity contribution is -0.186. The first kappa shape index (κ1) is 17.4. The molecule has 0 amide bonds. The van der Waals surface area contributed by atoms with Gasteiger partial charge in [-0.2, -0.15) is 0 Å². The van der Waals surface area contributed by atoms with E-state index in [1.54, 1.807) is 6.92 Å². The molecule has 5 heteroatoms. The molecule has 1 aliphatic heterocycles. The summed E-state index contributed by atoms with van der Waals surface area (Å²) in [5.74, 6) is -0.834. The monoisotopic (exact) mass is 318 g/mol. The van der Waals surface area contributed by atoms with Gasteiger partial charge in [0.25, 0.3) is 0 Å². The molecular formula is C18H22O5. The van der Waals surface area contributed by atoms with E-state index in [1.165, 1.54) is 6.08 Å². The normalized spacial score (nSPS) is 19.4. The zero-order chi connectivity index (χ0) is 16.5. The van der Waals surface area contributed by atoms with Crippen molar-refractivity contribution in [1.82, 2.24) is 0 Å². The van der Waals surface area contributed by atoms with E-state index in [0.717, 1.165) is 30.9 Å². The first-order valence-electron chi connectivity index (χ1n) is 7.85. The lowest BCUT2D eigenvalue weighted by Gasteiger charge is -2.24. The highest BCUT2D eigenvalue weighted by atomic mass is 16.7. The molecule has 23 heavy (non-hydrogen) atoms. The van der Waals surface area contributed by atoms with Gasteiger partial charge >= 0.3 is 5.97 Å². The maximum atomic E-state index is 11.9. The van der Waals surface area contributed by atoms with Crippen LogP contribution in [0.5, 0.6) is 0 Å². The number of carbonyl (C=O) groups excluding carboxylic acids is 2. The van der Waals surface area contributed by atoms with Crippen LogP contribution in [0.3, 0.4) is 0 Å². The van der Waals surface area contributed by atoms with Crippen LogP contribution in [0.15, 0.2) is 42.5 Å². The number of ketones is 1. The quantitative estimate of drug-likeness (QED) is 0.571. The van der Waals surface area contributed by atoms with Gasteiger partial charge in [0.2, 0.25) is 0 Å². The van der Waals surface area contributed by atoms with E-state index in [1.807, 2.05) is 30.3 Å². The van der Waals surface area contributed by atoms with E-state index < -0.39 is 12.1 Å². The van der Waals surface area contributed by atoms with Gasteiger partial charge < -0.3 is 14.2 Å². The maximum absolute atomic E-state index is 11.9. The number of hydrogen-bond acceptors (Lipinski definition) is 5. The fourth-order valence-electron chi connectivity index (χ4n) is 2.18. The summed E-state index contributed by atoms with van der Waals surface area (Å²) >= 11 is 0. The summed E-state index contributed by atoms with van der Waals surface area (Å²) in [5, 5.41) is 0. The number of carbonyl (C=O) groups is 2. The van der Waals surface area contributed by atoms with Gasteiger partial charge in [-0.1, -0.05) is 30.3 Å². The second kappa shape index (κ2) is 9.22. The van der Waals surface area contributed by atoms with Gasteiger partial charge in [0.05, 0.1) is 0 Å². The minimum absolute atomic E-state index is 0.181. The SMILES string of the molecule is CC(OC1CCCCO1)C(=O)/C=C/C(=O)OCc1ccccc1. The van der Waals surface area contributed by atoms with E-state index in [4.69, 9.17) is 14.2 Å². The second-order valence-electron chi connectivity index (χ2n) is 5.40. The first-order valence-corrected chi connectivity index (χ1v) is 7.85. The van der Waals surface area contributed by atoms with Gasteiger partial charge in [-0.3, -0.25) is 4.79 Å². The number of hydrogen-bond donors (Lipinski definition) is 0. The summed E-state index contributed by atoms with van der Waals surface area (Å²) in [7, 11) is 0. The van der Waals surface area contributed by atoms with Crippen molar-refractivity contribution in [3.8, 4) is 0 Å². The highest BCUT2D eigenvalue weighted by Crippen LogP contribution is 2.15. The molecule has 0 spiro atoms. The van der Waals surface area contributed by atoms with E-state index >= 15 is 0 Å². The summed E-state index contributed by atoms with van der Waals surface area (Å²) in [6.45, 7) is 2.49. The number of rotatable bonds is 7. The van der Waals surface area contributed by atoms with Crippen molar-refractivity contribution in [3.63, 3.8) is 0 Å². The van der Waals surface area contributed by atoms with Crippen LogP contribution in [0.2, 0.25) is 0 Å². The van der Waals surface area contributed by atoms with E-state index in [2.05, 4.69) is 0 Å². The average Bonchev–Trinajstić information content (AvgIpc) is 2.59. The minimum atomic E-state index is -0.642. The molecule has 0 saturated carbocycles. The molecule has 0 bridgehead atoms. The van der Waals surface area contributed by atoms with Crippen molar-refractivity contribution in [2.45, 2.75) is 45.2 Å². The molecule has 1 aromatic rings. The third kappa shape index (κ3) is 6.34. The topological polar surface area (TPSA) is 61.8 Å². The lowest BCUT2D eigenvalue weighted by Crippen LogP contribution is -2.30. The third-order valence-electron chi connectivity index (χ3n) is 3.50. The Morgan fingerprint density at radius 3 is 2.74 bits per heavy atom. The van der Waals surface area contributed by atoms with Crippen LogP contribution in [0.1, 0.15) is 31.7 Å². The molecule has 5 nitrogen and oxygen atoms in total. The zero-order valence-corrected chi connectivity index (χ0v) is 13.3. The van der Waals surface area contributed by atoms with Gasteiger partial charge in [-0.05, 0) is 37.8 Å². The van der Waals surface area contributed by atoms with Gasteiger partial charge in [0.15, 0.2) is 12.1 Å². The van der Waals surface area contributed by atoms with Crippen LogP contribution in [0.4, 0.5) is 0 Å². The lowest BCUT2D eigenvalue weighted by atomic mass is 10.2. The predicted molar refractivity (Wildman–Crippen MR) is 84.5 cm³/mol. The fraction of sp³-hybridized carbons (Fsp3) is 0.444. The van der Waals surface area contributed by atoms with Crippen LogP contribution >= 0.6 is 0 Å². The second-order valence-corrected chi connectivity index (χ2v) is 5.40. The first-order chi connectivity index (χ1) is 11.1. The van der Waals surface area contributed by atoms with Crippen LogP contribution in [0, 0.1) is 0 Å². The van der Waals surface area contributed by atoms with Gasteiger partial charge in [-0.15, -0.1) is 0 Å². The van der Waals surface area contributed by atoms with Gasteiger partial charge in [0.1, 0.15) is 12.7 Å². The summed E-state index contributed by atoms with van der Waals surface area (Å²) in [5.41, 5.74) is 0.895. The summed E-state index contributed by atoms with van der Waals surface area (Å²) in [6.07, 6.45) is 4.20. The molecule has 1 aromatic carbocycles. The van der Waals surface area contributed by atoms with Crippen molar-refractivity contribution < 1.29 is 23.8 Å². The Bertz CT molecular complexity index is 532. The van der Waals surface area contributed by atoms with Gasteiger partial charge in [-0.25, -0.2) is 4.79 Å². The van der Waals surface area contributed by atoms with Crippen molar-refractivity contribution in [3.05, 3.63) is 48.0 Å². The molecule has 0 N–H and O–H groups in total. The standard InChI is InChI=1S/C18H22O5/c1-14(23-18-9-5-6-12-21-18)16(19)10-11-17(20)22-13-15-7-3-2-4-8-15/h2-4,7-8,10-11,14,18H,5-6,9,12-13H2,1H3/b11-10+. The summed E-state index contributed by atoms with van der Waals surface area (Å²) in [6, 6.07) is 9.36. The summed E-state index contributed by atoms with van der Waals surface area (Å²) < 4.78 is 16.0. The molecule has 1 aliphatic rings. The van der Waals surface area contributed by atoms with Crippen LogP contribution < -0.4 is 0 Å². The van der Waals surface area contributed by atoms with Crippen molar-refractivity contribution in [2.75, 3.05) is 6.61 Å². The molecule has 2 unspecified atom stereocenters. The Morgan fingerprint density at radius 2 is 2.04 bits per heavy atom. The van der Waals surface area contributed by atoms with Crippen molar-refractivity contribution in [2.24, 2.45) is 0 Å². The highest BCUT2D eigenvalue weighted by Gasteiger charge is 2.20. The van der Waals surface area contributed by atoms with Crippen molar-refractivity contribution in [1.29, 1.82) is 0 Å². The molecule has 124 valence electrons. The summed E-state index contributed by atoms with van der Waals surface area (Å²) in [4.78, 5) is 23.5. The maximum Gasteiger partial charge on any atom is 0.331 e. The Kier molecular flexibility index (Phi) is 6.97. The fourth-order valence-corrected chi connectivity index (χ4v) is 2.18. The molecular weight excluding hydrogens is 296 g/mol.